The fourth-order valence-corrected chi connectivity index (χ4v) is 1.39. The van der Waals surface area contributed by atoms with Crippen LogP contribution in [0.2, 0.25) is 0 Å². The molecule has 0 amide bonds. The van der Waals surface area contributed by atoms with Crippen LogP contribution >= 0.6 is 0 Å². The van der Waals surface area contributed by atoms with Crippen LogP contribution in [0.15, 0.2) is 24.3 Å². The first-order chi connectivity index (χ1) is 7.13. The van der Waals surface area contributed by atoms with Gasteiger partial charge in [-0.25, -0.2) is 0 Å². The van der Waals surface area contributed by atoms with Crippen LogP contribution < -0.4 is 10.6 Å². The maximum Gasteiger partial charge on any atom is 0.0944 e. The second-order valence-corrected chi connectivity index (χ2v) is 3.78. The fraction of sp³-hybridized carbons (Fsp3) is 0.417. The molecule has 80 valence electrons. The number of hydrogen-bond donors (Lipinski definition) is 1. The third-order valence-corrected chi connectivity index (χ3v) is 2.38. The standard InChI is InChI=1S/C12H17N3/c1-10-4-3-5-12(8-10)15(2)7-6-11(14)9-13/h3-5,8,11H,6-7,14H2,1-2H3. The van der Waals surface area contributed by atoms with E-state index in [9.17, 15) is 0 Å². The lowest BCUT2D eigenvalue weighted by Crippen LogP contribution is -2.26. The van der Waals surface area contributed by atoms with E-state index in [0.717, 1.165) is 6.54 Å². The maximum absolute atomic E-state index is 8.57. The van der Waals surface area contributed by atoms with Crippen molar-refractivity contribution in [1.82, 2.24) is 0 Å². The van der Waals surface area contributed by atoms with E-state index in [0.29, 0.717) is 6.42 Å². The van der Waals surface area contributed by atoms with Crippen molar-refractivity contribution in [2.45, 2.75) is 19.4 Å². The topological polar surface area (TPSA) is 53.0 Å². The van der Waals surface area contributed by atoms with Crippen molar-refractivity contribution in [2.75, 3.05) is 18.5 Å². The molecule has 0 aliphatic heterocycles. The van der Waals surface area contributed by atoms with Crippen molar-refractivity contribution < 1.29 is 0 Å². The van der Waals surface area contributed by atoms with E-state index in [4.69, 9.17) is 11.0 Å². The number of nitrogens with zero attached hydrogens (tertiary/aromatic N) is 2. The van der Waals surface area contributed by atoms with E-state index in [1.807, 2.05) is 19.2 Å². The van der Waals surface area contributed by atoms with Gasteiger partial charge in [-0.15, -0.1) is 0 Å². The monoisotopic (exact) mass is 203 g/mol. The van der Waals surface area contributed by atoms with Gasteiger partial charge in [0.05, 0.1) is 12.1 Å². The predicted octanol–water partition coefficient (Wildman–Crippen LogP) is 1.67. The summed E-state index contributed by atoms with van der Waals surface area (Å²) in [5, 5.41) is 8.57. The van der Waals surface area contributed by atoms with Crippen LogP contribution in [0.4, 0.5) is 5.69 Å². The van der Waals surface area contributed by atoms with Gasteiger partial charge in [-0.2, -0.15) is 5.26 Å². The van der Waals surface area contributed by atoms with Gasteiger partial charge in [0.25, 0.3) is 0 Å². The molecular formula is C12H17N3. The third kappa shape index (κ3) is 3.61. The molecule has 1 atom stereocenters. The van der Waals surface area contributed by atoms with Gasteiger partial charge in [-0.3, -0.25) is 0 Å². The zero-order valence-electron chi connectivity index (χ0n) is 9.27. The Kier molecular flexibility index (Phi) is 4.14. The van der Waals surface area contributed by atoms with Gasteiger partial charge in [0.1, 0.15) is 0 Å². The van der Waals surface area contributed by atoms with Gasteiger partial charge in [-0.05, 0) is 31.0 Å². The molecule has 15 heavy (non-hydrogen) atoms. The largest absolute Gasteiger partial charge is 0.374 e. The molecule has 0 fully saturated rings. The summed E-state index contributed by atoms with van der Waals surface area (Å²) in [6.07, 6.45) is 0.695. The van der Waals surface area contributed by atoms with Crippen LogP contribution in [0, 0.1) is 18.3 Å². The average Bonchev–Trinajstić information content (AvgIpc) is 2.25. The molecule has 0 aliphatic carbocycles. The molecule has 1 aromatic rings. The highest BCUT2D eigenvalue weighted by molar-refractivity contribution is 5.47. The molecule has 0 radical (unpaired) electrons. The predicted molar refractivity (Wildman–Crippen MR) is 62.7 cm³/mol. The molecule has 3 nitrogen and oxygen atoms in total. The molecule has 2 N–H and O–H groups in total. The van der Waals surface area contributed by atoms with Crippen molar-refractivity contribution in [3.63, 3.8) is 0 Å². The Morgan fingerprint density at radius 1 is 1.53 bits per heavy atom. The van der Waals surface area contributed by atoms with Gasteiger partial charge in [0, 0.05) is 19.3 Å². The van der Waals surface area contributed by atoms with Crippen LogP contribution in [-0.2, 0) is 0 Å². The van der Waals surface area contributed by atoms with Gasteiger partial charge in [-0.1, -0.05) is 12.1 Å². The number of nitriles is 1. The summed E-state index contributed by atoms with van der Waals surface area (Å²) in [5.74, 6) is 0. The van der Waals surface area contributed by atoms with E-state index in [-0.39, 0.29) is 6.04 Å². The van der Waals surface area contributed by atoms with Crippen molar-refractivity contribution in [1.29, 1.82) is 5.26 Å². The lowest BCUT2D eigenvalue weighted by Gasteiger charge is -2.20. The summed E-state index contributed by atoms with van der Waals surface area (Å²) in [5.41, 5.74) is 7.95. The number of benzene rings is 1. The SMILES string of the molecule is Cc1cccc(N(C)CCC(N)C#N)c1. The summed E-state index contributed by atoms with van der Waals surface area (Å²) in [4.78, 5) is 2.12. The first kappa shape index (κ1) is 11.5. The zero-order valence-corrected chi connectivity index (χ0v) is 9.27. The van der Waals surface area contributed by atoms with E-state index >= 15 is 0 Å². The number of nitrogens with two attached hydrogens (primary N) is 1. The fourth-order valence-electron chi connectivity index (χ4n) is 1.39. The van der Waals surface area contributed by atoms with Crippen LogP contribution in [0.25, 0.3) is 0 Å². The minimum Gasteiger partial charge on any atom is -0.374 e. The number of rotatable bonds is 4. The Balaban J connectivity index is 2.54. The first-order valence-corrected chi connectivity index (χ1v) is 5.06. The maximum atomic E-state index is 8.57. The molecule has 0 aliphatic rings. The average molecular weight is 203 g/mol. The van der Waals surface area contributed by atoms with Gasteiger partial charge < -0.3 is 10.6 Å². The Morgan fingerprint density at radius 3 is 2.87 bits per heavy atom. The highest BCUT2D eigenvalue weighted by Crippen LogP contribution is 2.14. The molecule has 1 rings (SSSR count). The normalized spacial score (nSPS) is 11.9. The lowest BCUT2D eigenvalue weighted by molar-refractivity contribution is 0.716. The van der Waals surface area contributed by atoms with Gasteiger partial charge in [0.2, 0.25) is 0 Å². The minimum absolute atomic E-state index is 0.364. The van der Waals surface area contributed by atoms with Gasteiger partial charge >= 0.3 is 0 Å². The molecule has 0 heterocycles. The van der Waals surface area contributed by atoms with Crippen molar-refractivity contribution >= 4 is 5.69 Å². The number of anilines is 1. The van der Waals surface area contributed by atoms with Crippen LogP contribution in [0.3, 0.4) is 0 Å². The van der Waals surface area contributed by atoms with E-state index in [1.54, 1.807) is 0 Å². The summed E-state index contributed by atoms with van der Waals surface area (Å²) < 4.78 is 0. The quantitative estimate of drug-likeness (QED) is 0.810. The Morgan fingerprint density at radius 2 is 2.27 bits per heavy atom. The van der Waals surface area contributed by atoms with Crippen LogP contribution in [-0.4, -0.2) is 19.6 Å². The zero-order chi connectivity index (χ0) is 11.3. The van der Waals surface area contributed by atoms with E-state index in [2.05, 4.69) is 30.0 Å². The number of hydrogen-bond acceptors (Lipinski definition) is 3. The summed E-state index contributed by atoms with van der Waals surface area (Å²) >= 11 is 0. The summed E-state index contributed by atoms with van der Waals surface area (Å²) in [6.45, 7) is 2.87. The molecule has 0 aromatic heterocycles. The molecule has 3 heteroatoms. The molecule has 0 spiro atoms. The first-order valence-electron chi connectivity index (χ1n) is 5.06. The molecule has 0 saturated heterocycles. The second-order valence-electron chi connectivity index (χ2n) is 3.78. The van der Waals surface area contributed by atoms with Crippen molar-refractivity contribution in [2.24, 2.45) is 5.73 Å². The van der Waals surface area contributed by atoms with E-state index < -0.39 is 0 Å². The summed E-state index contributed by atoms with van der Waals surface area (Å²) in [7, 11) is 2.01. The smallest absolute Gasteiger partial charge is 0.0944 e. The van der Waals surface area contributed by atoms with E-state index in [1.165, 1.54) is 11.3 Å². The van der Waals surface area contributed by atoms with Crippen molar-refractivity contribution in [3.8, 4) is 6.07 Å². The Labute approximate surface area is 91.1 Å². The van der Waals surface area contributed by atoms with Gasteiger partial charge in [0.15, 0.2) is 0 Å². The Bertz CT molecular complexity index is 354. The minimum atomic E-state index is -0.364. The van der Waals surface area contributed by atoms with Crippen molar-refractivity contribution in [3.05, 3.63) is 29.8 Å². The highest BCUT2D eigenvalue weighted by Gasteiger charge is 2.04. The molecule has 0 saturated carbocycles. The number of aryl methyl sites for hydroxylation is 1. The molecule has 0 bridgehead atoms. The second kappa shape index (κ2) is 5.38. The van der Waals surface area contributed by atoms with Crippen LogP contribution in [0.1, 0.15) is 12.0 Å². The van der Waals surface area contributed by atoms with Crippen LogP contribution in [0.5, 0.6) is 0 Å². The molecule has 1 unspecified atom stereocenters. The third-order valence-electron chi connectivity index (χ3n) is 2.38. The summed E-state index contributed by atoms with van der Waals surface area (Å²) in [6, 6.07) is 9.95. The highest BCUT2D eigenvalue weighted by atomic mass is 15.1. The molecular weight excluding hydrogens is 186 g/mol. The molecule has 1 aromatic carbocycles. The Hall–Kier alpha value is -1.53. The lowest BCUT2D eigenvalue weighted by atomic mass is 10.2.